The Hall–Kier alpha value is -1.43. The van der Waals surface area contributed by atoms with E-state index in [2.05, 4.69) is 15.6 Å². The minimum absolute atomic E-state index is 0. The van der Waals surface area contributed by atoms with Crippen LogP contribution in [0.25, 0.3) is 10.9 Å². The van der Waals surface area contributed by atoms with E-state index < -0.39 is 0 Å². The maximum absolute atomic E-state index is 13.6. The molecule has 2 N–H and O–H groups in total. The van der Waals surface area contributed by atoms with E-state index in [-0.39, 0.29) is 36.5 Å². The molecule has 1 unspecified atom stereocenters. The van der Waals surface area contributed by atoms with Crippen molar-refractivity contribution in [2.45, 2.75) is 31.6 Å². The van der Waals surface area contributed by atoms with E-state index in [0.717, 1.165) is 38.0 Å². The standard InChI is InChI=1S/C19H22FN3O.2ClH/c20-14-3-4-17-15(9-14)16(10-18(23-17)13-1-2-13)19(24)22-8-6-12-5-7-21-11-12;;/h3-4,9-10,12-13,21H,1-2,5-8,11H2,(H,22,24);2*1H. The first-order valence-corrected chi connectivity index (χ1v) is 8.80. The van der Waals surface area contributed by atoms with Gasteiger partial charge in [0.15, 0.2) is 0 Å². The van der Waals surface area contributed by atoms with E-state index in [4.69, 9.17) is 0 Å². The molecule has 1 aromatic heterocycles. The van der Waals surface area contributed by atoms with Crippen molar-refractivity contribution < 1.29 is 9.18 Å². The van der Waals surface area contributed by atoms with Gasteiger partial charge >= 0.3 is 0 Å². The fourth-order valence-corrected chi connectivity index (χ4v) is 3.44. The molecule has 1 saturated heterocycles. The van der Waals surface area contributed by atoms with Gasteiger partial charge in [-0.05, 0) is 69.0 Å². The lowest BCUT2D eigenvalue weighted by Crippen LogP contribution is -2.27. The van der Waals surface area contributed by atoms with Crippen LogP contribution in [0.15, 0.2) is 24.3 Å². The maximum atomic E-state index is 13.6. The minimum atomic E-state index is -0.338. The van der Waals surface area contributed by atoms with Crippen molar-refractivity contribution in [3.8, 4) is 0 Å². The van der Waals surface area contributed by atoms with Crippen LogP contribution in [-0.4, -0.2) is 30.5 Å². The number of pyridine rings is 1. The summed E-state index contributed by atoms with van der Waals surface area (Å²) < 4.78 is 13.6. The molecule has 2 fully saturated rings. The molecule has 2 aromatic rings. The molecule has 4 rings (SSSR count). The van der Waals surface area contributed by atoms with Gasteiger partial charge in [-0.25, -0.2) is 4.39 Å². The number of rotatable bonds is 5. The summed E-state index contributed by atoms with van der Waals surface area (Å²) in [5.41, 5.74) is 2.20. The van der Waals surface area contributed by atoms with E-state index in [0.29, 0.717) is 34.8 Å². The van der Waals surface area contributed by atoms with Crippen molar-refractivity contribution in [1.82, 2.24) is 15.6 Å². The first-order chi connectivity index (χ1) is 11.7. The molecule has 1 amide bonds. The van der Waals surface area contributed by atoms with E-state index in [1.165, 1.54) is 18.6 Å². The quantitative estimate of drug-likeness (QED) is 0.802. The SMILES string of the molecule is Cl.Cl.O=C(NCCC1CCNC1)c1cc(C2CC2)nc2ccc(F)cc12. The molecule has 7 heteroatoms. The maximum Gasteiger partial charge on any atom is 0.252 e. The monoisotopic (exact) mass is 399 g/mol. The van der Waals surface area contributed by atoms with Crippen LogP contribution < -0.4 is 10.6 Å². The molecule has 142 valence electrons. The number of hydrogen-bond acceptors (Lipinski definition) is 3. The van der Waals surface area contributed by atoms with Gasteiger partial charge < -0.3 is 10.6 Å². The van der Waals surface area contributed by atoms with E-state index in [1.54, 1.807) is 6.07 Å². The molecule has 1 aliphatic carbocycles. The van der Waals surface area contributed by atoms with Gasteiger partial charge in [-0.15, -0.1) is 24.8 Å². The van der Waals surface area contributed by atoms with Gasteiger partial charge in [-0.2, -0.15) is 0 Å². The molecule has 1 atom stereocenters. The number of amides is 1. The Kier molecular flexibility index (Phi) is 7.21. The highest BCUT2D eigenvalue weighted by molar-refractivity contribution is 6.06. The van der Waals surface area contributed by atoms with Crippen LogP contribution in [-0.2, 0) is 0 Å². The number of nitrogens with one attached hydrogen (secondary N) is 2. The van der Waals surface area contributed by atoms with Crippen molar-refractivity contribution in [3.05, 3.63) is 41.3 Å². The summed E-state index contributed by atoms with van der Waals surface area (Å²) in [4.78, 5) is 17.3. The van der Waals surface area contributed by atoms with Crippen molar-refractivity contribution in [3.63, 3.8) is 0 Å². The molecule has 1 saturated carbocycles. The van der Waals surface area contributed by atoms with Crippen LogP contribution in [0.5, 0.6) is 0 Å². The van der Waals surface area contributed by atoms with Crippen molar-refractivity contribution in [2.24, 2.45) is 5.92 Å². The summed E-state index contributed by atoms with van der Waals surface area (Å²) in [5, 5.41) is 6.94. The molecule has 26 heavy (non-hydrogen) atoms. The van der Waals surface area contributed by atoms with Crippen LogP contribution in [0, 0.1) is 11.7 Å². The lowest BCUT2D eigenvalue weighted by Gasteiger charge is -2.12. The molecule has 1 aromatic carbocycles. The second kappa shape index (κ2) is 8.98. The van der Waals surface area contributed by atoms with Crippen LogP contribution in [0.4, 0.5) is 4.39 Å². The van der Waals surface area contributed by atoms with Gasteiger partial charge in [0.2, 0.25) is 0 Å². The summed E-state index contributed by atoms with van der Waals surface area (Å²) in [6.45, 7) is 2.76. The number of carbonyl (C=O) groups excluding carboxylic acids is 1. The number of fused-ring (bicyclic) bond motifs is 1. The van der Waals surface area contributed by atoms with E-state index in [9.17, 15) is 9.18 Å². The third-order valence-electron chi connectivity index (χ3n) is 5.03. The van der Waals surface area contributed by atoms with Gasteiger partial charge in [0, 0.05) is 23.5 Å². The first kappa shape index (κ1) is 20.9. The number of aromatic nitrogens is 1. The highest BCUT2D eigenvalue weighted by Gasteiger charge is 2.27. The molecular formula is C19H24Cl2FN3O. The van der Waals surface area contributed by atoms with Crippen LogP contribution in [0.3, 0.4) is 0 Å². The van der Waals surface area contributed by atoms with Crippen molar-refractivity contribution >= 4 is 41.6 Å². The third-order valence-corrected chi connectivity index (χ3v) is 5.03. The zero-order valence-electron chi connectivity index (χ0n) is 14.5. The highest BCUT2D eigenvalue weighted by Crippen LogP contribution is 2.40. The average molecular weight is 400 g/mol. The fourth-order valence-electron chi connectivity index (χ4n) is 3.44. The van der Waals surface area contributed by atoms with E-state index in [1.807, 2.05) is 6.07 Å². The van der Waals surface area contributed by atoms with Gasteiger partial charge in [-0.3, -0.25) is 9.78 Å². The van der Waals surface area contributed by atoms with Crippen LogP contribution in [0.2, 0.25) is 0 Å². The zero-order valence-corrected chi connectivity index (χ0v) is 16.1. The van der Waals surface area contributed by atoms with Gasteiger partial charge in [0.05, 0.1) is 11.1 Å². The van der Waals surface area contributed by atoms with Crippen LogP contribution >= 0.6 is 24.8 Å². The largest absolute Gasteiger partial charge is 0.352 e. The molecule has 2 aliphatic rings. The molecule has 0 bridgehead atoms. The zero-order chi connectivity index (χ0) is 16.5. The Morgan fingerprint density at radius 1 is 1.23 bits per heavy atom. The van der Waals surface area contributed by atoms with Gasteiger partial charge in [-0.1, -0.05) is 0 Å². The topological polar surface area (TPSA) is 54.0 Å². The summed E-state index contributed by atoms with van der Waals surface area (Å²) >= 11 is 0. The second-order valence-electron chi connectivity index (χ2n) is 6.93. The Morgan fingerprint density at radius 2 is 2.04 bits per heavy atom. The van der Waals surface area contributed by atoms with Crippen molar-refractivity contribution in [1.29, 1.82) is 0 Å². The Labute approximate surface area is 165 Å². The third kappa shape index (κ3) is 4.64. The number of carbonyl (C=O) groups is 1. The van der Waals surface area contributed by atoms with Gasteiger partial charge in [0.1, 0.15) is 5.82 Å². The second-order valence-corrected chi connectivity index (χ2v) is 6.93. The normalized spacial score (nSPS) is 18.9. The smallest absolute Gasteiger partial charge is 0.252 e. The van der Waals surface area contributed by atoms with Crippen molar-refractivity contribution in [2.75, 3.05) is 19.6 Å². The molecular weight excluding hydrogens is 376 g/mol. The number of nitrogens with zero attached hydrogens (tertiary/aromatic N) is 1. The highest BCUT2D eigenvalue weighted by atomic mass is 35.5. The number of benzene rings is 1. The number of hydrogen-bond donors (Lipinski definition) is 2. The minimum Gasteiger partial charge on any atom is -0.352 e. The first-order valence-electron chi connectivity index (χ1n) is 8.80. The Morgan fingerprint density at radius 3 is 2.73 bits per heavy atom. The summed E-state index contributed by atoms with van der Waals surface area (Å²) in [7, 11) is 0. The lowest BCUT2D eigenvalue weighted by atomic mass is 10.0. The molecule has 1 aliphatic heterocycles. The van der Waals surface area contributed by atoms with Gasteiger partial charge in [0.25, 0.3) is 5.91 Å². The van der Waals surface area contributed by atoms with E-state index >= 15 is 0 Å². The molecule has 4 nitrogen and oxygen atoms in total. The average Bonchev–Trinajstić information content (AvgIpc) is 3.31. The molecule has 0 spiro atoms. The predicted octanol–water partition coefficient (Wildman–Crippen LogP) is 3.82. The summed E-state index contributed by atoms with van der Waals surface area (Å²) in [6.07, 6.45) is 4.39. The summed E-state index contributed by atoms with van der Waals surface area (Å²) in [6, 6.07) is 6.33. The van der Waals surface area contributed by atoms with Crippen LogP contribution in [0.1, 0.15) is 47.7 Å². The Balaban J connectivity index is 0.00000121. The predicted molar refractivity (Wildman–Crippen MR) is 106 cm³/mol. The lowest BCUT2D eigenvalue weighted by molar-refractivity contribution is 0.0953. The summed E-state index contributed by atoms with van der Waals surface area (Å²) in [5.74, 6) is 0.630. The number of halogens is 3. The fraction of sp³-hybridized carbons (Fsp3) is 0.474. The molecule has 0 radical (unpaired) electrons. The Bertz CT molecular complexity index is 777. The molecule has 2 heterocycles.